The van der Waals surface area contributed by atoms with Gasteiger partial charge in [-0.2, -0.15) is 0 Å². The Morgan fingerprint density at radius 3 is 2.64 bits per heavy atom. The van der Waals surface area contributed by atoms with Crippen molar-refractivity contribution in [1.29, 1.82) is 0 Å². The van der Waals surface area contributed by atoms with Crippen LogP contribution >= 0.6 is 0 Å². The van der Waals surface area contributed by atoms with Crippen LogP contribution in [0.5, 0.6) is 5.75 Å². The number of methoxy groups -OCH3 is 1. The molecule has 2 N–H and O–H groups in total. The van der Waals surface area contributed by atoms with Gasteiger partial charge in [0.2, 0.25) is 10.0 Å². The van der Waals surface area contributed by atoms with Gasteiger partial charge in [0.25, 0.3) is 0 Å². The molecular formula is C16H19NO7S. The van der Waals surface area contributed by atoms with Crippen molar-refractivity contribution in [2.75, 3.05) is 25.0 Å². The van der Waals surface area contributed by atoms with Gasteiger partial charge in [0.1, 0.15) is 11.0 Å². The van der Waals surface area contributed by atoms with Gasteiger partial charge in [0.05, 0.1) is 31.6 Å². The lowest BCUT2D eigenvalue weighted by atomic mass is 9.94. The maximum absolute atomic E-state index is 12.8. The van der Waals surface area contributed by atoms with Gasteiger partial charge in [-0.1, -0.05) is 12.1 Å². The molecule has 1 unspecified atom stereocenters. The number of para-hydroxylation sites is 2. The molecule has 1 aliphatic carbocycles. The summed E-state index contributed by atoms with van der Waals surface area (Å²) in [7, 11) is -2.57. The van der Waals surface area contributed by atoms with Crippen molar-refractivity contribution >= 4 is 21.7 Å². The number of benzene rings is 1. The van der Waals surface area contributed by atoms with Crippen LogP contribution in [0.15, 0.2) is 35.9 Å². The number of hydrogen-bond acceptors (Lipinski definition) is 6. The lowest BCUT2D eigenvalue weighted by molar-refractivity contribution is -0.138. The molecule has 1 spiro atoms. The predicted octanol–water partition coefficient (Wildman–Crippen LogP) is 1.35. The summed E-state index contributed by atoms with van der Waals surface area (Å²) < 4.78 is 44.1. The molecule has 0 bridgehead atoms. The van der Waals surface area contributed by atoms with E-state index in [9.17, 15) is 18.3 Å². The molecule has 1 heterocycles. The van der Waals surface area contributed by atoms with E-state index in [1.165, 1.54) is 13.2 Å². The highest BCUT2D eigenvalue weighted by Crippen LogP contribution is 2.37. The summed E-state index contributed by atoms with van der Waals surface area (Å²) in [5, 5.41) is 8.27. The number of aliphatic carboxylic acids is 1. The first-order valence-electron chi connectivity index (χ1n) is 7.75. The SMILES string of the molecule is COc1ccccc1NS(=O)(=O)C1CCC2(C=C1C(=O)O)OCCO2. The first-order chi connectivity index (χ1) is 11.9. The molecule has 1 aromatic rings. The van der Waals surface area contributed by atoms with E-state index in [0.717, 1.165) is 0 Å². The number of ether oxygens (including phenoxy) is 3. The Bertz CT molecular complexity index is 796. The lowest BCUT2D eigenvalue weighted by Gasteiger charge is -2.32. The van der Waals surface area contributed by atoms with E-state index >= 15 is 0 Å². The van der Waals surface area contributed by atoms with Crippen molar-refractivity contribution in [2.24, 2.45) is 0 Å². The van der Waals surface area contributed by atoms with E-state index in [2.05, 4.69) is 4.72 Å². The van der Waals surface area contributed by atoms with Crippen LogP contribution in [0, 0.1) is 0 Å². The van der Waals surface area contributed by atoms with Crippen LogP contribution in [0.25, 0.3) is 0 Å². The molecule has 9 heteroatoms. The number of hydrogen-bond donors (Lipinski definition) is 2. The highest BCUT2D eigenvalue weighted by molar-refractivity contribution is 7.93. The molecule has 1 atom stereocenters. The van der Waals surface area contributed by atoms with Crippen molar-refractivity contribution in [3.05, 3.63) is 35.9 Å². The average Bonchev–Trinajstić information content (AvgIpc) is 3.02. The third-order valence-corrected chi connectivity index (χ3v) is 5.98. The van der Waals surface area contributed by atoms with Crippen molar-refractivity contribution in [2.45, 2.75) is 23.9 Å². The summed E-state index contributed by atoms with van der Waals surface area (Å²) in [6.07, 6.45) is 1.61. The van der Waals surface area contributed by atoms with E-state index in [4.69, 9.17) is 14.2 Å². The molecule has 1 aliphatic heterocycles. The topological polar surface area (TPSA) is 111 Å². The summed E-state index contributed by atoms with van der Waals surface area (Å²) in [5.41, 5.74) is -0.000982. The first-order valence-corrected chi connectivity index (χ1v) is 9.30. The largest absolute Gasteiger partial charge is 0.495 e. The Morgan fingerprint density at radius 2 is 2.00 bits per heavy atom. The third kappa shape index (κ3) is 3.48. The fourth-order valence-corrected chi connectivity index (χ4v) is 4.61. The quantitative estimate of drug-likeness (QED) is 0.806. The van der Waals surface area contributed by atoms with Gasteiger partial charge in [-0.25, -0.2) is 13.2 Å². The van der Waals surface area contributed by atoms with Crippen LogP contribution in [0.1, 0.15) is 12.8 Å². The lowest BCUT2D eigenvalue weighted by Crippen LogP contribution is -2.41. The van der Waals surface area contributed by atoms with Gasteiger partial charge in [0, 0.05) is 6.42 Å². The van der Waals surface area contributed by atoms with Crippen LogP contribution in [-0.2, 0) is 24.3 Å². The molecule has 136 valence electrons. The number of carboxylic acid groups (broad SMARTS) is 1. The summed E-state index contributed by atoms with van der Waals surface area (Å²) >= 11 is 0. The molecule has 0 amide bonds. The molecule has 8 nitrogen and oxygen atoms in total. The number of nitrogens with one attached hydrogen (secondary N) is 1. The van der Waals surface area contributed by atoms with E-state index < -0.39 is 27.0 Å². The number of rotatable bonds is 5. The Labute approximate surface area is 145 Å². The van der Waals surface area contributed by atoms with Crippen molar-refractivity contribution in [3.63, 3.8) is 0 Å². The molecule has 0 aromatic heterocycles. The molecular weight excluding hydrogens is 350 g/mol. The van der Waals surface area contributed by atoms with Crippen molar-refractivity contribution < 1.29 is 32.5 Å². The second-order valence-corrected chi connectivity index (χ2v) is 7.65. The monoisotopic (exact) mass is 369 g/mol. The second-order valence-electron chi connectivity index (χ2n) is 5.79. The second kappa shape index (κ2) is 6.66. The molecule has 3 rings (SSSR count). The summed E-state index contributed by atoms with van der Waals surface area (Å²) in [6.45, 7) is 0.695. The van der Waals surface area contributed by atoms with Crippen LogP contribution < -0.4 is 9.46 Å². The zero-order valence-electron chi connectivity index (χ0n) is 13.6. The number of anilines is 1. The molecule has 2 aliphatic rings. The van der Waals surface area contributed by atoms with Gasteiger partial charge in [-0.05, 0) is 24.6 Å². The molecule has 1 aromatic carbocycles. The van der Waals surface area contributed by atoms with Crippen molar-refractivity contribution in [1.82, 2.24) is 0 Å². The summed E-state index contributed by atoms with van der Waals surface area (Å²) in [6, 6.07) is 6.53. The molecule has 1 saturated heterocycles. The summed E-state index contributed by atoms with van der Waals surface area (Å²) in [5.74, 6) is -2.10. The van der Waals surface area contributed by atoms with E-state index in [-0.39, 0.29) is 24.1 Å². The number of carbonyl (C=O) groups is 1. The molecule has 25 heavy (non-hydrogen) atoms. The molecule has 0 radical (unpaired) electrons. The Hall–Kier alpha value is -2.10. The van der Waals surface area contributed by atoms with Crippen LogP contribution in [0.4, 0.5) is 5.69 Å². The number of carboxylic acids is 1. The van der Waals surface area contributed by atoms with Crippen LogP contribution in [0.3, 0.4) is 0 Å². The minimum atomic E-state index is -4.00. The standard InChI is InChI=1S/C16H19NO7S/c1-22-13-5-3-2-4-12(13)17-25(20,21)14-6-7-16(23-8-9-24-16)10-11(14)15(18)19/h2-5,10,14,17H,6-9H2,1H3,(H,18,19). The molecule has 0 saturated carbocycles. The summed E-state index contributed by atoms with van der Waals surface area (Å²) in [4.78, 5) is 11.6. The van der Waals surface area contributed by atoms with Gasteiger partial charge in [0.15, 0.2) is 5.79 Å². The van der Waals surface area contributed by atoms with Crippen LogP contribution in [-0.4, -0.2) is 50.9 Å². The predicted molar refractivity (Wildman–Crippen MR) is 88.9 cm³/mol. The van der Waals surface area contributed by atoms with E-state index in [1.807, 2.05) is 0 Å². The fourth-order valence-electron chi connectivity index (χ4n) is 3.06. The Morgan fingerprint density at radius 1 is 1.32 bits per heavy atom. The maximum Gasteiger partial charge on any atom is 0.332 e. The van der Waals surface area contributed by atoms with Crippen molar-refractivity contribution in [3.8, 4) is 5.75 Å². The normalized spacial score (nSPS) is 22.4. The average molecular weight is 369 g/mol. The minimum Gasteiger partial charge on any atom is -0.495 e. The number of sulfonamides is 1. The highest BCUT2D eigenvalue weighted by Gasteiger charge is 2.45. The van der Waals surface area contributed by atoms with Gasteiger partial charge in [-0.15, -0.1) is 0 Å². The third-order valence-electron chi connectivity index (χ3n) is 4.23. The zero-order valence-corrected chi connectivity index (χ0v) is 14.4. The van der Waals surface area contributed by atoms with E-state index in [0.29, 0.717) is 19.0 Å². The van der Waals surface area contributed by atoms with Gasteiger partial charge < -0.3 is 19.3 Å². The maximum atomic E-state index is 12.8. The first kappa shape index (κ1) is 17.7. The highest BCUT2D eigenvalue weighted by atomic mass is 32.2. The van der Waals surface area contributed by atoms with E-state index in [1.54, 1.807) is 24.3 Å². The minimum absolute atomic E-state index is 0.0720. The Kier molecular flexibility index (Phi) is 4.72. The zero-order chi connectivity index (χ0) is 18.1. The Balaban J connectivity index is 1.92. The van der Waals surface area contributed by atoms with Gasteiger partial charge in [-0.3, -0.25) is 4.72 Å². The van der Waals surface area contributed by atoms with Gasteiger partial charge >= 0.3 is 5.97 Å². The van der Waals surface area contributed by atoms with Crippen LogP contribution in [0.2, 0.25) is 0 Å². The molecule has 1 fully saturated rings. The fraction of sp³-hybridized carbons (Fsp3) is 0.438. The smallest absolute Gasteiger partial charge is 0.332 e.